The molecule has 1 unspecified atom stereocenters. The Morgan fingerprint density at radius 2 is 1.60 bits per heavy atom. The fourth-order valence-corrected chi connectivity index (χ4v) is 7.97. The van der Waals surface area contributed by atoms with Gasteiger partial charge in [-0.15, -0.1) is 0 Å². The van der Waals surface area contributed by atoms with E-state index >= 15 is 0 Å². The molecule has 3 saturated heterocycles. The summed E-state index contributed by atoms with van der Waals surface area (Å²) in [7, 11) is 0. The number of anilines is 1. The Morgan fingerprint density at radius 3 is 2.40 bits per heavy atom. The summed E-state index contributed by atoms with van der Waals surface area (Å²) in [5, 5.41) is 13.5. The Balaban J connectivity index is 0.971. The maximum absolute atomic E-state index is 14.0. The molecular weight excluding hydrogens is 570 g/mol. The summed E-state index contributed by atoms with van der Waals surface area (Å²) < 4.78 is 0. The molecule has 0 saturated carbocycles. The van der Waals surface area contributed by atoms with Gasteiger partial charge < -0.3 is 30.2 Å². The minimum Gasteiger partial charge on any atom is -0.341 e. The van der Waals surface area contributed by atoms with Crippen molar-refractivity contribution in [3.8, 4) is 0 Å². The Hall–Kier alpha value is -3.64. The Bertz CT molecular complexity index is 1360. The molecule has 12 nitrogen and oxygen atoms in total. The molecule has 0 aliphatic carbocycles. The smallest absolute Gasteiger partial charge is 0.322 e. The zero-order valence-electron chi connectivity index (χ0n) is 26.3. The van der Waals surface area contributed by atoms with Gasteiger partial charge in [-0.1, -0.05) is 24.6 Å². The van der Waals surface area contributed by atoms with E-state index in [1.165, 1.54) is 32.4 Å². The molecular formula is C33H47N9O3. The van der Waals surface area contributed by atoms with Gasteiger partial charge in [0.05, 0.1) is 6.20 Å². The van der Waals surface area contributed by atoms with E-state index in [0.717, 1.165) is 67.9 Å². The molecule has 0 spiro atoms. The minimum atomic E-state index is -0.611. The number of rotatable bonds is 6. The zero-order chi connectivity index (χ0) is 30.8. The summed E-state index contributed by atoms with van der Waals surface area (Å²) in [6.07, 6.45) is 10.0. The van der Waals surface area contributed by atoms with E-state index in [2.05, 4.69) is 30.6 Å². The maximum Gasteiger partial charge on any atom is 0.322 e. The van der Waals surface area contributed by atoms with Crippen molar-refractivity contribution in [3.63, 3.8) is 0 Å². The van der Waals surface area contributed by atoms with Crippen LogP contribution < -0.4 is 10.6 Å². The van der Waals surface area contributed by atoms with Gasteiger partial charge >= 0.3 is 12.1 Å². The fourth-order valence-electron chi connectivity index (χ4n) is 7.97. The van der Waals surface area contributed by atoms with E-state index in [0.29, 0.717) is 45.1 Å². The van der Waals surface area contributed by atoms with E-state index in [1.807, 2.05) is 45.2 Å². The van der Waals surface area contributed by atoms with Gasteiger partial charge in [0.15, 0.2) is 0 Å². The van der Waals surface area contributed by atoms with Crippen molar-refractivity contribution in [3.05, 3.63) is 47.3 Å². The highest BCUT2D eigenvalue weighted by Crippen LogP contribution is 2.28. The molecule has 12 heteroatoms. The number of aromatic amines is 1. The number of benzene rings is 1. The normalized spacial score (nSPS) is 22.8. The van der Waals surface area contributed by atoms with Crippen LogP contribution in [-0.2, 0) is 24.3 Å². The van der Waals surface area contributed by atoms with Crippen LogP contribution in [0.25, 0.3) is 0 Å². The van der Waals surface area contributed by atoms with Crippen molar-refractivity contribution in [2.24, 2.45) is 0 Å². The van der Waals surface area contributed by atoms with Crippen molar-refractivity contribution in [1.29, 1.82) is 0 Å². The van der Waals surface area contributed by atoms with Crippen LogP contribution in [0, 0.1) is 0 Å². The largest absolute Gasteiger partial charge is 0.341 e. The lowest BCUT2D eigenvalue weighted by atomic mass is 9.99. The van der Waals surface area contributed by atoms with Gasteiger partial charge in [0.25, 0.3) is 0 Å². The predicted octanol–water partition coefficient (Wildman–Crippen LogP) is 2.84. The number of urea groups is 2. The van der Waals surface area contributed by atoms with Crippen LogP contribution in [0.15, 0.2) is 30.5 Å². The number of nitrogens with zero attached hydrogens (tertiary/aromatic N) is 6. The molecule has 3 fully saturated rings. The van der Waals surface area contributed by atoms with Crippen LogP contribution in [-0.4, -0.2) is 123 Å². The van der Waals surface area contributed by atoms with E-state index in [4.69, 9.17) is 0 Å². The standard InChI is InChI=1S/C33H47N9O3/c43-31(40-16-8-26(9-17-40)39-13-4-1-5-14-39)30(23-38-15-12-29-25(21-38)20-34-37-29)36-32(44)41-18-10-27(11-19-41)42-22-24-6-2-3-7-28(24)35-33(42)45/h2-3,6-7,20,26-27,30H,1,4-5,8-19,21-23H2,(H,34,37)(H,35,45)(H,36,44). The van der Waals surface area contributed by atoms with Gasteiger partial charge in [-0.2, -0.15) is 5.10 Å². The van der Waals surface area contributed by atoms with Crippen molar-refractivity contribution < 1.29 is 14.4 Å². The number of hydrogen-bond acceptors (Lipinski definition) is 6. The molecule has 5 aliphatic heterocycles. The lowest BCUT2D eigenvalue weighted by Gasteiger charge is -2.42. The monoisotopic (exact) mass is 617 g/mol. The first-order chi connectivity index (χ1) is 22.0. The predicted molar refractivity (Wildman–Crippen MR) is 171 cm³/mol. The van der Waals surface area contributed by atoms with Crippen LogP contribution in [0.4, 0.5) is 15.3 Å². The minimum absolute atomic E-state index is 0.0250. The second kappa shape index (κ2) is 13.4. The molecule has 5 aliphatic rings. The summed E-state index contributed by atoms with van der Waals surface area (Å²) >= 11 is 0. The maximum atomic E-state index is 14.0. The highest BCUT2D eigenvalue weighted by Gasteiger charge is 2.36. The van der Waals surface area contributed by atoms with E-state index in [-0.39, 0.29) is 24.0 Å². The first kappa shape index (κ1) is 30.0. The molecule has 0 bridgehead atoms. The van der Waals surface area contributed by atoms with E-state index in [1.54, 1.807) is 0 Å². The third-order valence-corrected chi connectivity index (χ3v) is 10.7. The van der Waals surface area contributed by atoms with Crippen LogP contribution in [0.2, 0.25) is 0 Å². The summed E-state index contributed by atoms with van der Waals surface area (Å²) in [6.45, 7) is 7.52. The lowest BCUT2D eigenvalue weighted by molar-refractivity contribution is -0.135. The first-order valence-electron chi connectivity index (χ1n) is 17.0. The van der Waals surface area contributed by atoms with Crippen LogP contribution >= 0.6 is 0 Å². The molecule has 3 N–H and O–H groups in total. The molecule has 45 heavy (non-hydrogen) atoms. The Morgan fingerprint density at radius 1 is 0.867 bits per heavy atom. The molecule has 2 aromatic rings. The molecule has 242 valence electrons. The number of likely N-dealkylation sites (tertiary alicyclic amines) is 3. The number of aromatic nitrogens is 2. The summed E-state index contributed by atoms with van der Waals surface area (Å²) in [5.74, 6) is 0.0250. The SMILES string of the molecule is O=C(NC(CN1CCc2[nH]ncc2C1)C(=O)N1CCC(N2CCCCC2)CC1)N1CCC(N2Cc3ccccc3NC2=O)CC1. The van der Waals surface area contributed by atoms with Crippen molar-refractivity contribution in [1.82, 2.24) is 40.0 Å². The van der Waals surface area contributed by atoms with E-state index < -0.39 is 6.04 Å². The number of carbonyl (C=O) groups excluding carboxylic acids is 3. The number of nitrogens with one attached hydrogen (secondary N) is 3. The van der Waals surface area contributed by atoms with Crippen molar-refractivity contribution in [2.45, 2.75) is 82.6 Å². The second-order valence-electron chi connectivity index (χ2n) is 13.4. The summed E-state index contributed by atoms with van der Waals surface area (Å²) in [6, 6.07) is 7.66. The molecule has 1 atom stereocenters. The number of hydrogen-bond donors (Lipinski definition) is 3. The number of amides is 5. The van der Waals surface area contributed by atoms with Gasteiger partial charge in [-0.05, 0) is 63.2 Å². The fraction of sp³-hybridized carbons (Fsp3) is 0.636. The molecule has 1 aromatic heterocycles. The topological polar surface area (TPSA) is 120 Å². The molecule has 7 rings (SSSR count). The highest BCUT2D eigenvalue weighted by atomic mass is 16.2. The van der Waals surface area contributed by atoms with Crippen molar-refractivity contribution in [2.75, 3.05) is 57.7 Å². The number of piperidine rings is 3. The third-order valence-electron chi connectivity index (χ3n) is 10.7. The number of carbonyl (C=O) groups is 3. The third kappa shape index (κ3) is 6.67. The highest BCUT2D eigenvalue weighted by molar-refractivity contribution is 5.92. The number of fused-ring (bicyclic) bond motifs is 2. The van der Waals surface area contributed by atoms with E-state index in [9.17, 15) is 14.4 Å². The van der Waals surface area contributed by atoms with Crippen LogP contribution in [0.1, 0.15) is 61.8 Å². The average Bonchev–Trinajstić information content (AvgIpc) is 3.56. The van der Waals surface area contributed by atoms with Crippen LogP contribution in [0.3, 0.4) is 0 Å². The van der Waals surface area contributed by atoms with Gasteiger partial charge in [0, 0.05) is 87.8 Å². The van der Waals surface area contributed by atoms with Crippen LogP contribution in [0.5, 0.6) is 0 Å². The molecule has 0 radical (unpaired) electrons. The Labute approximate surface area is 265 Å². The first-order valence-corrected chi connectivity index (χ1v) is 17.0. The summed E-state index contributed by atoms with van der Waals surface area (Å²) in [4.78, 5) is 51.2. The van der Waals surface area contributed by atoms with Gasteiger partial charge in [0.1, 0.15) is 6.04 Å². The molecule has 5 amide bonds. The quantitative estimate of drug-likeness (QED) is 0.459. The van der Waals surface area contributed by atoms with Gasteiger partial charge in [0.2, 0.25) is 5.91 Å². The molecule has 6 heterocycles. The lowest BCUT2D eigenvalue weighted by Crippen LogP contribution is -2.59. The average molecular weight is 618 g/mol. The second-order valence-corrected chi connectivity index (χ2v) is 13.4. The van der Waals surface area contributed by atoms with Gasteiger partial charge in [-0.3, -0.25) is 14.8 Å². The van der Waals surface area contributed by atoms with Gasteiger partial charge in [-0.25, -0.2) is 9.59 Å². The van der Waals surface area contributed by atoms with Crippen molar-refractivity contribution >= 4 is 23.7 Å². The number of H-pyrrole nitrogens is 1. The Kier molecular flexibility index (Phi) is 8.93. The number of para-hydroxylation sites is 1. The zero-order valence-corrected chi connectivity index (χ0v) is 26.3. The molecule has 1 aromatic carbocycles. The summed E-state index contributed by atoms with van der Waals surface area (Å²) in [5.41, 5.74) is 4.30.